The first kappa shape index (κ1) is 21.8. The van der Waals surface area contributed by atoms with Crippen molar-refractivity contribution in [2.45, 2.75) is 25.0 Å². The van der Waals surface area contributed by atoms with Gasteiger partial charge in [-0.1, -0.05) is 6.07 Å². The average molecular weight is 392 g/mol. The highest BCUT2D eigenvalue weighted by Gasteiger charge is 2.27. The highest BCUT2D eigenvalue weighted by atomic mass is 35.5. The summed E-state index contributed by atoms with van der Waals surface area (Å²) in [5.74, 6) is 0.852. The SMILES string of the molecule is COc1cccc(N2CCCC(NC(=O)C3CNCCO3)C2)c1.Cl.Cl. The van der Waals surface area contributed by atoms with E-state index in [1.54, 1.807) is 7.11 Å². The Balaban J connectivity index is 0.00000156. The lowest BCUT2D eigenvalue weighted by Crippen LogP contribution is -2.54. The maximum atomic E-state index is 12.3. The summed E-state index contributed by atoms with van der Waals surface area (Å²) < 4.78 is 10.8. The summed E-state index contributed by atoms with van der Waals surface area (Å²) in [6, 6.07) is 8.23. The van der Waals surface area contributed by atoms with Crippen LogP contribution >= 0.6 is 24.8 Å². The molecule has 2 aliphatic rings. The van der Waals surface area contributed by atoms with Crippen molar-refractivity contribution < 1.29 is 14.3 Å². The number of carbonyl (C=O) groups is 1. The molecular formula is C17H27Cl2N3O3. The van der Waals surface area contributed by atoms with Gasteiger partial charge in [-0.15, -0.1) is 24.8 Å². The molecule has 0 bridgehead atoms. The van der Waals surface area contributed by atoms with Crippen molar-refractivity contribution in [3.8, 4) is 5.75 Å². The molecule has 2 unspecified atom stereocenters. The Kier molecular flexibility index (Phi) is 9.35. The van der Waals surface area contributed by atoms with Crippen LogP contribution in [0.15, 0.2) is 24.3 Å². The molecule has 6 nitrogen and oxygen atoms in total. The number of methoxy groups -OCH3 is 1. The Morgan fingerprint density at radius 3 is 2.96 bits per heavy atom. The van der Waals surface area contributed by atoms with E-state index in [1.807, 2.05) is 18.2 Å². The van der Waals surface area contributed by atoms with Crippen molar-refractivity contribution in [1.82, 2.24) is 10.6 Å². The van der Waals surface area contributed by atoms with Gasteiger partial charge in [0.05, 0.1) is 13.7 Å². The minimum absolute atomic E-state index is 0. The quantitative estimate of drug-likeness (QED) is 0.816. The zero-order valence-corrected chi connectivity index (χ0v) is 16.0. The molecule has 2 heterocycles. The Labute approximate surface area is 161 Å². The molecule has 2 N–H and O–H groups in total. The minimum atomic E-state index is -0.365. The number of nitrogens with one attached hydrogen (secondary N) is 2. The number of nitrogens with zero attached hydrogens (tertiary/aromatic N) is 1. The van der Waals surface area contributed by atoms with E-state index in [9.17, 15) is 4.79 Å². The topological polar surface area (TPSA) is 62.8 Å². The van der Waals surface area contributed by atoms with Gasteiger partial charge < -0.3 is 25.0 Å². The zero-order valence-electron chi connectivity index (χ0n) is 14.4. The summed E-state index contributed by atoms with van der Waals surface area (Å²) in [5, 5.41) is 6.33. The van der Waals surface area contributed by atoms with Crippen LogP contribution in [-0.4, -0.2) is 57.9 Å². The number of hydrogen-bond acceptors (Lipinski definition) is 5. The lowest BCUT2D eigenvalue weighted by Gasteiger charge is -2.35. The van der Waals surface area contributed by atoms with Crippen molar-refractivity contribution >= 4 is 36.4 Å². The van der Waals surface area contributed by atoms with Crippen LogP contribution < -0.4 is 20.3 Å². The van der Waals surface area contributed by atoms with Crippen LogP contribution in [0.4, 0.5) is 5.69 Å². The number of hydrogen-bond donors (Lipinski definition) is 2. The molecule has 142 valence electrons. The highest BCUT2D eigenvalue weighted by Crippen LogP contribution is 2.24. The number of ether oxygens (including phenoxy) is 2. The lowest BCUT2D eigenvalue weighted by molar-refractivity contribution is -0.135. The fraction of sp³-hybridized carbons (Fsp3) is 0.588. The third-order valence-corrected chi connectivity index (χ3v) is 4.41. The molecule has 2 fully saturated rings. The molecule has 25 heavy (non-hydrogen) atoms. The molecular weight excluding hydrogens is 365 g/mol. The maximum absolute atomic E-state index is 12.3. The van der Waals surface area contributed by atoms with Gasteiger partial charge >= 0.3 is 0 Å². The minimum Gasteiger partial charge on any atom is -0.497 e. The summed E-state index contributed by atoms with van der Waals surface area (Å²) in [6.45, 7) is 3.83. The Hall–Kier alpha value is -1.21. The van der Waals surface area contributed by atoms with Crippen LogP contribution in [0.25, 0.3) is 0 Å². The third-order valence-electron chi connectivity index (χ3n) is 4.41. The predicted octanol–water partition coefficient (Wildman–Crippen LogP) is 1.61. The summed E-state index contributed by atoms with van der Waals surface area (Å²) in [7, 11) is 1.68. The van der Waals surface area contributed by atoms with Crippen LogP contribution in [0.5, 0.6) is 5.75 Å². The maximum Gasteiger partial charge on any atom is 0.250 e. The lowest BCUT2D eigenvalue weighted by atomic mass is 10.0. The highest BCUT2D eigenvalue weighted by molar-refractivity contribution is 5.85. The van der Waals surface area contributed by atoms with Gasteiger partial charge in [-0.2, -0.15) is 0 Å². The molecule has 1 aromatic carbocycles. The van der Waals surface area contributed by atoms with E-state index in [1.165, 1.54) is 0 Å². The third kappa shape index (κ3) is 5.92. The molecule has 2 saturated heterocycles. The van der Waals surface area contributed by atoms with Gasteiger partial charge in [-0.3, -0.25) is 4.79 Å². The van der Waals surface area contributed by atoms with Gasteiger partial charge in [0, 0.05) is 44.0 Å². The monoisotopic (exact) mass is 391 g/mol. The number of benzene rings is 1. The van der Waals surface area contributed by atoms with E-state index in [4.69, 9.17) is 9.47 Å². The van der Waals surface area contributed by atoms with Gasteiger partial charge in [0.2, 0.25) is 0 Å². The fourth-order valence-corrected chi connectivity index (χ4v) is 3.16. The molecule has 0 aliphatic carbocycles. The summed E-state index contributed by atoms with van der Waals surface area (Å²) in [6.07, 6.45) is 1.70. The van der Waals surface area contributed by atoms with Gasteiger partial charge in [-0.05, 0) is 25.0 Å². The van der Waals surface area contributed by atoms with Crippen LogP contribution in [0.2, 0.25) is 0 Å². The second-order valence-electron chi connectivity index (χ2n) is 6.06. The number of amides is 1. The first-order valence-corrected chi connectivity index (χ1v) is 8.28. The van der Waals surface area contributed by atoms with Crippen molar-refractivity contribution in [1.29, 1.82) is 0 Å². The molecule has 2 atom stereocenters. The Bertz CT molecular complexity index is 542. The molecule has 0 radical (unpaired) electrons. The van der Waals surface area contributed by atoms with E-state index >= 15 is 0 Å². The van der Waals surface area contributed by atoms with Crippen molar-refractivity contribution in [2.75, 3.05) is 44.8 Å². The summed E-state index contributed by atoms with van der Waals surface area (Å²) in [4.78, 5) is 14.6. The second-order valence-corrected chi connectivity index (χ2v) is 6.06. The van der Waals surface area contributed by atoms with Crippen molar-refractivity contribution in [2.24, 2.45) is 0 Å². The number of piperidine rings is 1. The van der Waals surface area contributed by atoms with Crippen LogP contribution in [0.1, 0.15) is 12.8 Å². The Morgan fingerprint density at radius 2 is 2.24 bits per heavy atom. The van der Waals surface area contributed by atoms with Crippen molar-refractivity contribution in [3.05, 3.63) is 24.3 Å². The molecule has 3 rings (SSSR count). The molecule has 8 heteroatoms. The first-order chi connectivity index (χ1) is 11.3. The number of carbonyl (C=O) groups excluding carboxylic acids is 1. The zero-order chi connectivity index (χ0) is 16.1. The largest absolute Gasteiger partial charge is 0.497 e. The van der Waals surface area contributed by atoms with E-state index in [0.717, 1.165) is 43.9 Å². The molecule has 0 aromatic heterocycles. The Morgan fingerprint density at radius 1 is 1.40 bits per heavy atom. The van der Waals surface area contributed by atoms with Gasteiger partial charge in [0.15, 0.2) is 0 Å². The van der Waals surface area contributed by atoms with E-state index in [-0.39, 0.29) is 42.9 Å². The molecule has 2 aliphatic heterocycles. The molecule has 0 spiro atoms. The van der Waals surface area contributed by atoms with Gasteiger partial charge in [0.25, 0.3) is 5.91 Å². The fourth-order valence-electron chi connectivity index (χ4n) is 3.16. The smallest absolute Gasteiger partial charge is 0.250 e. The van der Waals surface area contributed by atoms with Crippen LogP contribution in [0, 0.1) is 0 Å². The first-order valence-electron chi connectivity index (χ1n) is 8.28. The standard InChI is InChI=1S/C17H25N3O3.2ClH/c1-22-15-6-2-5-14(10-15)20-8-3-4-13(12-20)19-17(21)16-11-18-7-9-23-16;;/h2,5-6,10,13,16,18H,3-4,7-9,11-12H2,1H3,(H,19,21);2*1H. The summed E-state index contributed by atoms with van der Waals surface area (Å²) >= 11 is 0. The van der Waals surface area contributed by atoms with Crippen LogP contribution in [0.3, 0.4) is 0 Å². The van der Waals surface area contributed by atoms with Gasteiger partial charge in [0.1, 0.15) is 11.9 Å². The molecule has 1 aromatic rings. The number of rotatable bonds is 4. The van der Waals surface area contributed by atoms with Gasteiger partial charge in [-0.25, -0.2) is 0 Å². The van der Waals surface area contributed by atoms with E-state index < -0.39 is 0 Å². The average Bonchev–Trinajstić information content (AvgIpc) is 2.63. The van der Waals surface area contributed by atoms with Crippen LogP contribution in [-0.2, 0) is 9.53 Å². The number of morpholine rings is 1. The molecule has 1 amide bonds. The number of halogens is 2. The second kappa shape index (κ2) is 10.7. The van der Waals surface area contributed by atoms with E-state index in [2.05, 4.69) is 21.6 Å². The van der Waals surface area contributed by atoms with E-state index in [0.29, 0.717) is 13.2 Å². The number of anilines is 1. The molecule has 0 saturated carbocycles. The van der Waals surface area contributed by atoms with Crippen molar-refractivity contribution in [3.63, 3.8) is 0 Å². The predicted molar refractivity (Wildman–Crippen MR) is 103 cm³/mol. The summed E-state index contributed by atoms with van der Waals surface area (Å²) in [5.41, 5.74) is 1.14. The normalized spacial score (nSPS) is 23.0.